The Hall–Kier alpha value is -2.37. The van der Waals surface area contributed by atoms with Crippen molar-refractivity contribution in [1.82, 2.24) is 15.1 Å². The van der Waals surface area contributed by atoms with Crippen molar-refractivity contribution in [1.29, 1.82) is 0 Å². The number of carbonyl (C=O) groups is 1. The minimum absolute atomic E-state index is 0.0108. The SMILES string of the molecule is Cc1nnc(-c2ccc(C)c(NC(=O)N3C[C@]4(C)C[C@H]3CC(C)(C)C4)c2)o1. The van der Waals surface area contributed by atoms with Gasteiger partial charge >= 0.3 is 6.03 Å². The number of likely N-dealkylation sites (tertiary alicyclic amines) is 1. The lowest BCUT2D eigenvalue weighted by Crippen LogP contribution is -2.40. The first kappa shape index (κ1) is 18.0. The third kappa shape index (κ3) is 3.45. The molecule has 1 aromatic carbocycles. The van der Waals surface area contributed by atoms with Gasteiger partial charge in [0.1, 0.15) is 0 Å². The number of anilines is 1. The highest BCUT2D eigenvalue weighted by molar-refractivity contribution is 5.91. The van der Waals surface area contributed by atoms with Gasteiger partial charge in [0.15, 0.2) is 0 Å². The van der Waals surface area contributed by atoms with Crippen LogP contribution >= 0.6 is 0 Å². The van der Waals surface area contributed by atoms with Gasteiger partial charge in [-0.25, -0.2) is 4.79 Å². The van der Waals surface area contributed by atoms with Gasteiger partial charge in [-0.15, -0.1) is 10.2 Å². The third-order valence-corrected chi connectivity index (χ3v) is 5.93. The van der Waals surface area contributed by atoms with Crippen LogP contribution in [0.4, 0.5) is 10.5 Å². The van der Waals surface area contributed by atoms with E-state index in [1.807, 2.05) is 30.0 Å². The molecule has 2 fully saturated rings. The Morgan fingerprint density at radius 1 is 1.22 bits per heavy atom. The van der Waals surface area contributed by atoms with Crippen LogP contribution in [0.1, 0.15) is 51.5 Å². The molecule has 1 N–H and O–H groups in total. The summed E-state index contributed by atoms with van der Waals surface area (Å²) in [5, 5.41) is 11.1. The first-order valence-corrected chi connectivity index (χ1v) is 9.63. The van der Waals surface area contributed by atoms with Gasteiger partial charge in [-0.3, -0.25) is 0 Å². The second kappa shape index (κ2) is 6.08. The second-order valence-electron chi connectivity index (χ2n) is 9.43. The van der Waals surface area contributed by atoms with E-state index in [-0.39, 0.29) is 11.4 Å². The van der Waals surface area contributed by atoms with Crippen LogP contribution in [0.3, 0.4) is 0 Å². The van der Waals surface area contributed by atoms with Crippen LogP contribution in [-0.4, -0.2) is 33.7 Å². The van der Waals surface area contributed by atoms with E-state index < -0.39 is 0 Å². The average Bonchev–Trinajstić information content (AvgIpc) is 3.09. The summed E-state index contributed by atoms with van der Waals surface area (Å²) in [5.41, 5.74) is 3.13. The molecule has 144 valence electrons. The molecule has 2 bridgehead atoms. The first-order chi connectivity index (χ1) is 12.6. The summed E-state index contributed by atoms with van der Waals surface area (Å²) in [4.78, 5) is 15.1. The van der Waals surface area contributed by atoms with Crippen LogP contribution < -0.4 is 5.32 Å². The molecule has 0 unspecified atom stereocenters. The van der Waals surface area contributed by atoms with Crippen molar-refractivity contribution in [2.24, 2.45) is 10.8 Å². The van der Waals surface area contributed by atoms with E-state index in [4.69, 9.17) is 4.42 Å². The predicted octanol–water partition coefficient (Wildman–Crippen LogP) is 4.79. The summed E-state index contributed by atoms with van der Waals surface area (Å²) in [6.45, 7) is 11.5. The van der Waals surface area contributed by atoms with Gasteiger partial charge in [-0.2, -0.15) is 0 Å². The van der Waals surface area contributed by atoms with Crippen molar-refractivity contribution in [3.8, 4) is 11.5 Å². The number of hydrogen-bond donors (Lipinski definition) is 1. The van der Waals surface area contributed by atoms with E-state index in [2.05, 4.69) is 36.3 Å². The van der Waals surface area contributed by atoms with Crippen LogP contribution in [0, 0.1) is 24.7 Å². The smallest absolute Gasteiger partial charge is 0.322 e. The summed E-state index contributed by atoms with van der Waals surface area (Å²) >= 11 is 0. The maximum Gasteiger partial charge on any atom is 0.322 e. The van der Waals surface area contributed by atoms with Crippen molar-refractivity contribution >= 4 is 11.7 Å². The minimum Gasteiger partial charge on any atom is -0.421 e. The lowest BCUT2D eigenvalue weighted by atomic mass is 9.65. The molecule has 4 rings (SSSR count). The number of nitrogens with one attached hydrogen (secondary N) is 1. The molecular formula is C21H28N4O2. The fourth-order valence-electron chi connectivity index (χ4n) is 5.19. The molecule has 2 amide bonds. The molecular weight excluding hydrogens is 340 g/mol. The quantitative estimate of drug-likeness (QED) is 0.827. The number of rotatable bonds is 2. The van der Waals surface area contributed by atoms with Gasteiger partial charge in [-0.1, -0.05) is 26.8 Å². The maximum atomic E-state index is 13.1. The minimum atomic E-state index is -0.0108. The zero-order chi connectivity index (χ0) is 19.4. The van der Waals surface area contributed by atoms with Gasteiger partial charge in [0.2, 0.25) is 11.8 Å². The fraction of sp³-hybridized carbons (Fsp3) is 0.571. The van der Waals surface area contributed by atoms with Crippen LogP contribution in [0.2, 0.25) is 0 Å². The summed E-state index contributed by atoms with van der Waals surface area (Å²) in [7, 11) is 0. The van der Waals surface area contributed by atoms with E-state index >= 15 is 0 Å². The van der Waals surface area contributed by atoms with Gasteiger partial charge in [0.25, 0.3) is 0 Å². The number of nitrogens with zero attached hydrogens (tertiary/aromatic N) is 3. The monoisotopic (exact) mass is 368 g/mol. The Morgan fingerprint density at radius 2 is 2.00 bits per heavy atom. The van der Waals surface area contributed by atoms with E-state index in [0.717, 1.165) is 36.2 Å². The Morgan fingerprint density at radius 3 is 2.70 bits per heavy atom. The van der Waals surface area contributed by atoms with Crippen LogP contribution in [-0.2, 0) is 0 Å². The van der Waals surface area contributed by atoms with Gasteiger partial charge in [-0.05, 0) is 54.7 Å². The maximum absolute atomic E-state index is 13.1. The molecule has 2 aliphatic rings. The predicted molar refractivity (Wildman–Crippen MR) is 104 cm³/mol. The molecule has 2 heterocycles. The number of aryl methyl sites for hydroxylation is 2. The third-order valence-electron chi connectivity index (χ3n) is 5.93. The van der Waals surface area contributed by atoms with Crippen LogP contribution in [0.15, 0.2) is 22.6 Å². The van der Waals surface area contributed by atoms with Crippen molar-refractivity contribution < 1.29 is 9.21 Å². The number of hydrogen-bond acceptors (Lipinski definition) is 4. The van der Waals surface area contributed by atoms with Gasteiger partial charge in [0.05, 0.1) is 0 Å². The van der Waals surface area contributed by atoms with E-state index in [9.17, 15) is 4.79 Å². The van der Waals surface area contributed by atoms with E-state index in [1.165, 1.54) is 6.42 Å². The molecule has 1 saturated carbocycles. The molecule has 1 aliphatic carbocycles. The standard InChI is InChI=1S/C21H28N4O2/c1-13-6-7-15(18-24-23-14(2)27-18)8-17(13)22-19(26)25-12-21(5)10-16(25)9-20(3,4)11-21/h6-8,16H,9-12H2,1-5H3,(H,22,26)/t16-,21-/m1/s1. The molecule has 0 radical (unpaired) electrons. The van der Waals surface area contributed by atoms with Crippen molar-refractivity contribution in [3.05, 3.63) is 29.7 Å². The summed E-state index contributed by atoms with van der Waals surface area (Å²) in [5.74, 6) is 0.991. The topological polar surface area (TPSA) is 71.3 Å². The van der Waals surface area contributed by atoms with Gasteiger partial charge in [0, 0.05) is 30.8 Å². The highest BCUT2D eigenvalue weighted by atomic mass is 16.4. The Balaban J connectivity index is 1.55. The first-order valence-electron chi connectivity index (χ1n) is 9.63. The molecule has 2 atom stereocenters. The molecule has 2 aromatic rings. The number of carbonyl (C=O) groups excluding carboxylic acids is 1. The fourth-order valence-corrected chi connectivity index (χ4v) is 5.19. The van der Waals surface area contributed by atoms with Gasteiger partial charge < -0.3 is 14.6 Å². The molecule has 1 saturated heterocycles. The summed E-state index contributed by atoms with van der Waals surface area (Å²) < 4.78 is 5.52. The lowest BCUT2D eigenvalue weighted by Gasteiger charge is -2.39. The van der Waals surface area contributed by atoms with E-state index in [1.54, 1.807) is 6.92 Å². The summed E-state index contributed by atoms with van der Waals surface area (Å²) in [6.07, 6.45) is 3.34. The number of urea groups is 1. The molecule has 27 heavy (non-hydrogen) atoms. The van der Waals surface area contributed by atoms with Crippen molar-refractivity contribution in [3.63, 3.8) is 0 Å². The number of aromatic nitrogens is 2. The molecule has 6 nitrogen and oxygen atoms in total. The normalized spacial score (nSPS) is 26.3. The zero-order valence-electron chi connectivity index (χ0n) is 16.8. The Bertz CT molecular complexity index is 888. The van der Waals surface area contributed by atoms with E-state index in [0.29, 0.717) is 23.2 Å². The van der Waals surface area contributed by atoms with Crippen molar-refractivity contribution in [2.75, 3.05) is 11.9 Å². The number of benzene rings is 1. The Kier molecular flexibility index (Phi) is 4.05. The highest BCUT2D eigenvalue weighted by Gasteiger charge is 2.51. The molecule has 6 heteroatoms. The second-order valence-corrected chi connectivity index (χ2v) is 9.43. The molecule has 1 aromatic heterocycles. The summed E-state index contributed by atoms with van der Waals surface area (Å²) in [6, 6.07) is 6.12. The number of amides is 2. The molecule has 1 aliphatic heterocycles. The molecule has 0 spiro atoms. The zero-order valence-corrected chi connectivity index (χ0v) is 16.8. The Labute approximate surface area is 160 Å². The average molecular weight is 368 g/mol. The highest BCUT2D eigenvalue weighted by Crippen LogP contribution is 2.52. The largest absolute Gasteiger partial charge is 0.421 e. The van der Waals surface area contributed by atoms with Crippen LogP contribution in [0.25, 0.3) is 11.5 Å². The lowest BCUT2D eigenvalue weighted by molar-refractivity contribution is 0.130. The van der Waals surface area contributed by atoms with Crippen molar-refractivity contribution in [2.45, 2.75) is 59.9 Å². The van der Waals surface area contributed by atoms with Crippen LogP contribution in [0.5, 0.6) is 0 Å². The number of fused-ring (bicyclic) bond motifs is 2.